The van der Waals surface area contributed by atoms with Gasteiger partial charge in [-0.25, -0.2) is 18.5 Å². The van der Waals surface area contributed by atoms with Gasteiger partial charge in [-0.3, -0.25) is 4.79 Å². The molecule has 1 aliphatic heterocycles. The van der Waals surface area contributed by atoms with Gasteiger partial charge in [-0.1, -0.05) is 28.9 Å². The number of fused-ring (bicyclic) bond motifs is 1. The lowest BCUT2D eigenvalue weighted by atomic mass is 9.98. The van der Waals surface area contributed by atoms with Crippen LogP contribution in [0.3, 0.4) is 0 Å². The number of carbonyl (C=O) groups excluding carboxylic acids is 1. The molecule has 9 nitrogen and oxygen atoms in total. The zero-order chi connectivity index (χ0) is 22.7. The molecule has 1 aromatic heterocycles. The van der Waals surface area contributed by atoms with E-state index in [2.05, 4.69) is 20.8 Å². The van der Waals surface area contributed by atoms with Crippen LogP contribution in [0.5, 0.6) is 0 Å². The zero-order valence-corrected chi connectivity index (χ0v) is 19.1. The van der Waals surface area contributed by atoms with E-state index < -0.39 is 10.0 Å². The molecule has 1 amide bonds. The van der Waals surface area contributed by atoms with Crippen molar-refractivity contribution in [3.05, 3.63) is 53.6 Å². The molecule has 0 spiro atoms. The van der Waals surface area contributed by atoms with Crippen LogP contribution in [0.15, 0.2) is 58.5 Å². The summed E-state index contributed by atoms with van der Waals surface area (Å²) >= 11 is 5.85. The molecule has 32 heavy (non-hydrogen) atoms. The number of hydrogen-bond donors (Lipinski definition) is 1. The number of nitrogens with zero attached hydrogens (tertiary/aromatic N) is 5. The van der Waals surface area contributed by atoms with Gasteiger partial charge < -0.3 is 0 Å². The van der Waals surface area contributed by atoms with Gasteiger partial charge in [0.2, 0.25) is 15.9 Å². The number of rotatable bonds is 6. The Labute approximate surface area is 191 Å². The Morgan fingerprint density at radius 3 is 2.56 bits per heavy atom. The number of piperidine rings is 1. The van der Waals surface area contributed by atoms with Gasteiger partial charge in [0.1, 0.15) is 5.52 Å². The molecule has 3 aromatic rings. The lowest BCUT2D eigenvalue weighted by molar-refractivity contribution is -0.126. The fourth-order valence-electron chi connectivity index (χ4n) is 3.64. The predicted octanol–water partition coefficient (Wildman–Crippen LogP) is 2.68. The number of hydrazone groups is 1. The van der Waals surface area contributed by atoms with Crippen LogP contribution in [-0.4, -0.2) is 52.4 Å². The molecule has 0 aliphatic carbocycles. The monoisotopic (exact) mass is 474 g/mol. The molecule has 11 heteroatoms. The lowest BCUT2D eigenvalue weighted by Crippen LogP contribution is -2.42. The predicted molar refractivity (Wildman–Crippen MR) is 122 cm³/mol. The van der Waals surface area contributed by atoms with Gasteiger partial charge in [-0.15, -0.1) is 5.10 Å². The largest absolute Gasteiger partial charge is 0.273 e. The molecule has 0 atom stereocenters. The molecule has 4 rings (SSSR count). The summed E-state index contributed by atoms with van der Waals surface area (Å²) in [6, 6.07) is 13.7. The Morgan fingerprint density at radius 1 is 1.16 bits per heavy atom. The first-order valence-corrected chi connectivity index (χ1v) is 12.0. The van der Waals surface area contributed by atoms with E-state index >= 15 is 0 Å². The zero-order valence-electron chi connectivity index (χ0n) is 17.5. The summed E-state index contributed by atoms with van der Waals surface area (Å²) in [6.45, 7) is 2.75. The lowest BCUT2D eigenvalue weighted by Gasteiger charge is -2.30. The van der Waals surface area contributed by atoms with E-state index in [-0.39, 0.29) is 29.8 Å². The van der Waals surface area contributed by atoms with Crippen LogP contribution in [-0.2, 0) is 21.4 Å². The van der Waals surface area contributed by atoms with E-state index in [9.17, 15) is 13.2 Å². The van der Waals surface area contributed by atoms with Crippen LogP contribution >= 0.6 is 11.6 Å². The molecule has 0 unspecified atom stereocenters. The van der Waals surface area contributed by atoms with E-state index in [0.29, 0.717) is 30.1 Å². The maximum Gasteiger partial charge on any atom is 0.243 e. The van der Waals surface area contributed by atoms with Gasteiger partial charge in [-0.05, 0) is 56.2 Å². The number of para-hydroxylation sites is 1. The molecule has 2 heterocycles. The van der Waals surface area contributed by atoms with Gasteiger partial charge in [-0.2, -0.15) is 9.41 Å². The summed E-state index contributed by atoms with van der Waals surface area (Å²) in [5.74, 6) is -0.508. The highest BCUT2D eigenvalue weighted by atomic mass is 35.5. The molecule has 168 valence electrons. The van der Waals surface area contributed by atoms with Crippen LogP contribution in [0.25, 0.3) is 11.0 Å². The highest BCUT2D eigenvalue weighted by molar-refractivity contribution is 7.89. The Hall–Kier alpha value is -2.82. The second kappa shape index (κ2) is 9.35. The van der Waals surface area contributed by atoms with Gasteiger partial charge in [0.15, 0.2) is 0 Å². The fraction of sp³-hybridized carbons (Fsp3) is 0.333. The summed E-state index contributed by atoms with van der Waals surface area (Å²) in [6.07, 6.45) is 0.863. The average molecular weight is 475 g/mol. The second-order valence-corrected chi connectivity index (χ2v) is 10.1. The first-order valence-electron chi connectivity index (χ1n) is 10.2. The normalized spacial score (nSPS) is 16.4. The molecule has 1 N–H and O–H groups in total. The van der Waals surface area contributed by atoms with Crippen molar-refractivity contribution in [3.8, 4) is 0 Å². The molecule has 0 bridgehead atoms. The molecular formula is C21H23ClN6O3S. The molecule has 1 saturated heterocycles. The SMILES string of the molecule is CC(Cn1nnc2ccccc21)=NNC(=O)C1CCN(S(=O)(=O)c2ccc(Cl)cc2)CC1. The van der Waals surface area contributed by atoms with Crippen molar-refractivity contribution in [1.29, 1.82) is 0 Å². The van der Waals surface area contributed by atoms with Crippen LogP contribution in [0, 0.1) is 5.92 Å². The van der Waals surface area contributed by atoms with Gasteiger partial charge >= 0.3 is 0 Å². The molecule has 2 aromatic carbocycles. The standard InChI is InChI=1S/C21H23ClN6O3S/c1-15(14-28-20-5-3-2-4-19(20)24-26-28)23-25-21(29)16-10-12-27(13-11-16)32(30,31)18-8-6-17(22)7-9-18/h2-9,16H,10-14H2,1H3,(H,25,29). The number of amides is 1. The Morgan fingerprint density at radius 2 is 1.84 bits per heavy atom. The van der Waals surface area contributed by atoms with Crippen LogP contribution < -0.4 is 5.43 Å². The van der Waals surface area contributed by atoms with Crippen LogP contribution in [0.1, 0.15) is 19.8 Å². The first kappa shape index (κ1) is 22.4. The van der Waals surface area contributed by atoms with Crippen molar-refractivity contribution < 1.29 is 13.2 Å². The highest BCUT2D eigenvalue weighted by Gasteiger charge is 2.32. The Bertz CT molecular complexity index is 1250. The fourth-order valence-corrected chi connectivity index (χ4v) is 5.24. The Balaban J connectivity index is 1.32. The van der Waals surface area contributed by atoms with E-state index in [4.69, 9.17) is 11.6 Å². The maximum absolute atomic E-state index is 12.8. The van der Waals surface area contributed by atoms with Crippen molar-refractivity contribution in [2.24, 2.45) is 11.0 Å². The van der Waals surface area contributed by atoms with Gasteiger partial charge in [0, 0.05) is 24.0 Å². The number of carbonyl (C=O) groups is 1. The minimum absolute atomic E-state index is 0.200. The topological polar surface area (TPSA) is 110 Å². The number of halogens is 1. The number of sulfonamides is 1. The van der Waals surface area contributed by atoms with Crippen molar-refractivity contribution in [2.75, 3.05) is 13.1 Å². The Kier molecular flexibility index (Phi) is 6.54. The summed E-state index contributed by atoms with van der Waals surface area (Å²) < 4.78 is 28.7. The van der Waals surface area contributed by atoms with Crippen LogP contribution in [0.2, 0.25) is 5.02 Å². The third-order valence-electron chi connectivity index (χ3n) is 5.43. The smallest absolute Gasteiger partial charge is 0.243 e. The van der Waals surface area contributed by atoms with Crippen molar-refractivity contribution >= 4 is 44.3 Å². The molecule has 0 radical (unpaired) electrons. The van der Waals surface area contributed by atoms with E-state index in [1.54, 1.807) is 23.7 Å². The molecular weight excluding hydrogens is 452 g/mol. The molecule has 0 saturated carbocycles. The van der Waals surface area contributed by atoms with E-state index in [0.717, 1.165) is 11.0 Å². The quantitative estimate of drug-likeness (QED) is 0.436. The van der Waals surface area contributed by atoms with E-state index in [1.807, 2.05) is 24.3 Å². The van der Waals surface area contributed by atoms with Crippen molar-refractivity contribution in [1.82, 2.24) is 24.7 Å². The van der Waals surface area contributed by atoms with Crippen molar-refractivity contribution in [3.63, 3.8) is 0 Å². The summed E-state index contributed by atoms with van der Waals surface area (Å²) in [4.78, 5) is 12.7. The number of aromatic nitrogens is 3. The highest BCUT2D eigenvalue weighted by Crippen LogP contribution is 2.25. The summed E-state index contributed by atoms with van der Waals surface area (Å²) in [7, 11) is -3.60. The number of hydrogen-bond acceptors (Lipinski definition) is 6. The number of nitrogens with one attached hydrogen (secondary N) is 1. The van der Waals surface area contributed by atoms with Gasteiger partial charge in [0.05, 0.1) is 22.7 Å². The minimum Gasteiger partial charge on any atom is -0.273 e. The van der Waals surface area contributed by atoms with Crippen molar-refractivity contribution in [2.45, 2.75) is 31.2 Å². The van der Waals surface area contributed by atoms with Gasteiger partial charge in [0.25, 0.3) is 0 Å². The maximum atomic E-state index is 12.8. The third-order valence-corrected chi connectivity index (χ3v) is 7.60. The average Bonchev–Trinajstić information content (AvgIpc) is 3.20. The number of benzene rings is 2. The summed E-state index contributed by atoms with van der Waals surface area (Å²) in [5.41, 5.74) is 4.97. The van der Waals surface area contributed by atoms with E-state index in [1.165, 1.54) is 16.4 Å². The summed E-state index contributed by atoms with van der Waals surface area (Å²) in [5, 5.41) is 12.9. The molecule has 1 fully saturated rings. The van der Waals surface area contributed by atoms with Crippen LogP contribution in [0.4, 0.5) is 0 Å². The molecule has 1 aliphatic rings. The second-order valence-electron chi connectivity index (χ2n) is 7.69. The first-order chi connectivity index (χ1) is 15.3. The third kappa shape index (κ3) is 4.82. The minimum atomic E-state index is -3.60.